The standard InChI is InChI=1S/C17H25N/c1-5-6-8-13-16(14-18-17(2,3)4)15-11-9-7-10-12-15/h7,9-12,16,18H,8,13-14H2,1-4H3. The summed E-state index contributed by atoms with van der Waals surface area (Å²) in [6.45, 7) is 9.55. The number of rotatable bonds is 5. The van der Waals surface area contributed by atoms with Gasteiger partial charge < -0.3 is 5.32 Å². The topological polar surface area (TPSA) is 12.0 Å². The Morgan fingerprint density at radius 1 is 1.17 bits per heavy atom. The van der Waals surface area contributed by atoms with E-state index >= 15 is 0 Å². The Labute approximate surface area is 112 Å². The lowest BCUT2D eigenvalue weighted by atomic mass is 9.93. The SMILES string of the molecule is CC#CCCC(CNC(C)(C)C)c1ccccc1. The van der Waals surface area contributed by atoms with E-state index in [-0.39, 0.29) is 5.54 Å². The van der Waals surface area contributed by atoms with Crippen molar-refractivity contribution < 1.29 is 0 Å². The molecule has 1 heteroatoms. The van der Waals surface area contributed by atoms with Crippen LogP contribution in [0.1, 0.15) is 52.0 Å². The van der Waals surface area contributed by atoms with Crippen molar-refractivity contribution in [2.24, 2.45) is 0 Å². The van der Waals surface area contributed by atoms with Gasteiger partial charge in [-0.2, -0.15) is 0 Å². The van der Waals surface area contributed by atoms with E-state index in [1.54, 1.807) is 0 Å². The molecule has 0 heterocycles. The minimum atomic E-state index is 0.170. The number of hydrogen-bond acceptors (Lipinski definition) is 1. The summed E-state index contributed by atoms with van der Waals surface area (Å²) in [5, 5.41) is 3.60. The van der Waals surface area contributed by atoms with Crippen LogP contribution in [0.25, 0.3) is 0 Å². The van der Waals surface area contributed by atoms with Crippen LogP contribution >= 0.6 is 0 Å². The van der Waals surface area contributed by atoms with Crippen molar-refractivity contribution in [3.63, 3.8) is 0 Å². The summed E-state index contributed by atoms with van der Waals surface area (Å²) in [4.78, 5) is 0. The lowest BCUT2D eigenvalue weighted by Gasteiger charge is -2.25. The van der Waals surface area contributed by atoms with Crippen LogP contribution in [0.15, 0.2) is 30.3 Å². The van der Waals surface area contributed by atoms with Gasteiger partial charge in [0.15, 0.2) is 0 Å². The molecular formula is C17H25N. The van der Waals surface area contributed by atoms with Crippen molar-refractivity contribution in [1.29, 1.82) is 0 Å². The second-order valence-corrected chi connectivity index (χ2v) is 5.70. The normalized spacial score (nSPS) is 12.7. The molecule has 0 saturated carbocycles. The van der Waals surface area contributed by atoms with Crippen molar-refractivity contribution in [2.45, 2.75) is 52.0 Å². The fourth-order valence-electron chi connectivity index (χ4n) is 1.91. The summed E-state index contributed by atoms with van der Waals surface area (Å²) in [6, 6.07) is 10.7. The molecule has 0 bridgehead atoms. The van der Waals surface area contributed by atoms with Crippen LogP contribution in [0, 0.1) is 11.8 Å². The highest BCUT2D eigenvalue weighted by Crippen LogP contribution is 2.21. The van der Waals surface area contributed by atoms with E-state index in [0.29, 0.717) is 5.92 Å². The van der Waals surface area contributed by atoms with Crippen LogP contribution < -0.4 is 5.32 Å². The Balaban J connectivity index is 2.65. The molecule has 1 unspecified atom stereocenters. The zero-order valence-corrected chi connectivity index (χ0v) is 12.1. The second-order valence-electron chi connectivity index (χ2n) is 5.70. The van der Waals surface area contributed by atoms with Crippen LogP contribution in [0.4, 0.5) is 0 Å². The lowest BCUT2D eigenvalue weighted by molar-refractivity contribution is 0.400. The van der Waals surface area contributed by atoms with Gasteiger partial charge in [0.2, 0.25) is 0 Å². The maximum Gasteiger partial charge on any atom is 0.00967 e. The van der Waals surface area contributed by atoms with Gasteiger partial charge in [-0.25, -0.2) is 0 Å². The van der Waals surface area contributed by atoms with E-state index in [1.165, 1.54) is 5.56 Å². The Hall–Kier alpha value is -1.26. The summed E-state index contributed by atoms with van der Waals surface area (Å²) in [5.74, 6) is 6.69. The third kappa shape index (κ3) is 5.89. The van der Waals surface area contributed by atoms with E-state index in [0.717, 1.165) is 19.4 Å². The van der Waals surface area contributed by atoms with Gasteiger partial charge >= 0.3 is 0 Å². The molecule has 0 aliphatic heterocycles. The van der Waals surface area contributed by atoms with Gasteiger partial charge in [0.05, 0.1) is 0 Å². The van der Waals surface area contributed by atoms with Gasteiger partial charge in [-0.3, -0.25) is 0 Å². The fourth-order valence-corrected chi connectivity index (χ4v) is 1.91. The first kappa shape index (κ1) is 14.8. The van der Waals surface area contributed by atoms with Crippen LogP contribution in [-0.2, 0) is 0 Å². The maximum atomic E-state index is 3.60. The van der Waals surface area contributed by atoms with Crippen molar-refractivity contribution in [3.8, 4) is 11.8 Å². The summed E-state index contributed by atoms with van der Waals surface area (Å²) in [7, 11) is 0. The smallest absolute Gasteiger partial charge is 0.00967 e. The largest absolute Gasteiger partial charge is 0.311 e. The van der Waals surface area contributed by atoms with Crippen LogP contribution in [0.3, 0.4) is 0 Å². The van der Waals surface area contributed by atoms with Crippen molar-refractivity contribution in [2.75, 3.05) is 6.54 Å². The van der Waals surface area contributed by atoms with Crippen molar-refractivity contribution >= 4 is 0 Å². The van der Waals surface area contributed by atoms with Gasteiger partial charge in [-0.1, -0.05) is 30.3 Å². The molecule has 1 N–H and O–H groups in total. The first-order valence-corrected chi connectivity index (χ1v) is 6.72. The fraction of sp³-hybridized carbons (Fsp3) is 0.529. The molecule has 0 amide bonds. The third-order valence-electron chi connectivity index (χ3n) is 2.94. The minimum absolute atomic E-state index is 0.170. The van der Waals surface area contributed by atoms with E-state index in [4.69, 9.17) is 0 Å². The summed E-state index contributed by atoms with van der Waals surface area (Å²) in [5.41, 5.74) is 1.58. The molecule has 1 aromatic rings. The molecule has 1 nitrogen and oxygen atoms in total. The molecule has 98 valence electrons. The molecule has 1 aromatic carbocycles. The Morgan fingerprint density at radius 3 is 2.39 bits per heavy atom. The molecule has 0 aromatic heterocycles. The van der Waals surface area contributed by atoms with Gasteiger partial charge in [0.1, 0.15) is 0 Å². The lowest BCUT2D eigenvalue weighted by Crippen LogP contribution is -2.38. The average Bonchev–Trinajstić information content (AvgIpc) is 2.33. The number of benzene rings is 1. The molecule has 0 aliphatic carbocycles. The Bertz CT molecular complexity index is 389. The van der Waals surface area contributed by atoms with E-state index in [1.807, 2.05) is 6.92 Å². The zero-order valence-electron chi connectivity index (χ0n) is 12.1. The molecule has 1 atom stereocenters. The molecule has 0 fully saturated rings. The van der Waals surface area contributed by atoms with E-state index < -0.39 is 0 Å². The summed E-state index contributed by atoms with van der Waals surface area (Å²) < 4.78 is 0. The van der Waals surface area contributed by atoms with Crippen LogP contribution in [-0.4, -0.2) is 12.1 Å². The van der Waals surface area contributed by atoms with Gasteiger partial charge in [-0.15, -0.1) is 11.8 Å². The van der Waals surface area contributed by atoms with E-state index in [9.17, 15) is 0 Å². The number of nitrogens with one attached hydrogen (secondary N) is 1. The van der Waals surface area contributed by atoms with Gasteiger partial charge in [0.25, 0.3) is 0 Å². The maximum absolute atomic E-state index is 3.60. The van der Waals surface area contributed by atoms with E-state index in [2.05, 4.69) is 68.3 Å². The van der Waals surface area contributed by atoms with Crippen LogP contribution in [0.5, 0.6) is 0 Å². The first-order valence-electron chi connectivity index (χ1n) is 6.72. The molecule has 18 heavy (non-hydrogen) atoms. The zero-order chi connectivity index (χ0) is 13.4. The highest BCUT2D eigenvalue weighted by atomic mass is 14.9. The molecular weight excluding hydrogens is 218 g/mol. The Morgan fingerprint density at radius 2 is 1.83 bits per heavy atom. The van der Waals surface area contributed by atoms with Gasteiger partial charge in [-0.05, 0) is 45.6 Å². The third-order valence-corrected chi connectivity index (χ3v) is 2.94. The molecule has 0 saturated heterocycles. The molecule has 0 spiro atoms. The van der Waals surface area contributed by atoms with Crippen molar-refractivity contribution in [1.82, 2.24) is 5.32 Å². The average molecular weight is 243 g/mol. The van der Waals surface area contributed by atoms with Gasteiger partial charge in [0, 0.05) is 18.5 Å². The number of hydrogen-bond donors (Lipinski definition) is 1. The first-order chi connectivity index (χ1) is 8.53. The Kier molecular flexibility index (Phi) is 5.95. The molecule has 1 rings (SSSR count). The second kappa shape index (κ2) is 7.24. The monoisotopic (exact) mass is 243 g/mol. The molecule has 0 aliphatic rings. The highest BCUT2D eigenvalue weighted by molar-refractivity contribution is 5.20. The predicted octanol–water partition coefficient (Wildman–Crippen LogP) is 3.96. The quantitative estimate of drug-likeness (QED) is 0.772. The molecule has 0 radical (unpaired) electrons. The summed E-state index contributed by atoms with van der Waals surface area (Å²) in [6.07, 6.45) is 2.09. The van der Waals surface area contributed by atoms with Crippen LogP contribution in [0.2, 0.25) is 0 Å². The van der Waals surface area contributed by atoms with Crippen molar-refractivity contribution in [3.05, 3.63) is 35.9 Å². The predicted molar refractivity (Wildman–Crippen MR) is 79.6 cm³/mol. The summed E-state index contributed by atoms with van der Waals surface area (Å²) >= 11 is 0. The highest BCUT2D eigenvalue weighted by Gasteiger charge is 2.15. The minimum Gasteiger partial charge on any atom is -0.311 e.